The van der Waals surface area contributed by atoms with Crippen molar-refractivity contribution in [3.8, 4) is 11.3 Å². The highest BCUT2D eigenvalue weighted by molar-refractivity contribution is 9.10. The van der Waals surface area contributed by atoms with Gasteiger partial charge in [-0.2, -0.15) is 0 Å². The molecule has 0 aliphatic carbocycles. The molecule has 0 spiro atoms. The number of benzene rings is 1. The van der Waals surface area contributed by atoms with E-state index in [1.807, 2.05) is 22.8 Å². The molecule has 3 heterocycles. The molecular formula is C25H26BrN5O3. The van der Waals surface area contributed by atoms with Gasteiger partial charge < -0.3 is 14.7 Å². The lowest BCUT2D eigenvalue weighted by Crippen LogP contribution is -2.18. The van der Waals surface area contributed by atoms with Crippen molar-refractivity contribution >= 4 is 38.8 Å². The summed E-state index contributed by atoms with van der Waals surface area (Å²) in [6.45, 7) is 0.114. The van der Waals surface area contributed by atoms with E-state index in [1.54, 1.807) is 0 Å². The third kappa shape index (κ3) is 5.26. The number of anilines is 1. The van der Waals surface area contributed by atoms with Gasteiger partial charge in [-0.15, -0.1) is 0 Å². The first-order chi connectivity index (χ1) is 17.6. The van der Waals surface area contributed by atoms with Crippen molar-refractivity contribution in [3.05, 3.63) is 74.7 Å². The highest BCUT2D eigenvalue weighted by Crippen LogP contribution is 2.26. The molecule has 1 amide bonds. The number of aromatic nitrogens is 4. The van der Waals surface area contributed by atoms with Gasteiger partial charge in [0.05, 0.1) is 22.3 Å². The number of carbonyl (C=O) groups excluding carboxylic acids is 1. The van der Waals surface area contributed by atoms with Crippen molar-refractivity contribution in [2.45, 2.75) is 33.2 Å². The quantitative estimate of drug-likeness (QED) is 0.312. The zero-order valence-electron chi connectivity index (χ0n) is 21.5. The molecule has 0 bridgehead atoms. The van der Waals surface area contributed by atoms with Crippen molar-refractivity contribution in [1.29, 1.82) is 0 Å². The number of carbonyl (C=O) groups is 1. The lowest BCUT2D eigenvalue weighted by molar-refractivity contribution is 0.102. The summed E-state index contributed by atoms with van der Waals surface area (Å²) in [5, 5.41) is 12.0. The number of fused-ring (bicyclic) bond motifs is 1. The number of aliphatic hydroxyl groups is 1. The zero-order chi connectivity index (χ0) is 26.7. The molecule has 1 aromatic carbocycles. The van der Waals surface area contributed by atoms with Crippen LogP contribution in [-0.4, -0.2) is 37.1 Å². The maximum Gasteiger partial charge on any atom is 0.258 e. The Labute approximate surface area is 209 Å². The normalized spacial score (nSPS) is 13.8. The molecule has 3 N–H and O–H groups in total. The predicted octanol–water partition coefficient (Wildman–Crippen LogP) is 4.52. The second kappa shape index (κ2) is 10.3. The van der Waals surface area contributed by atoms with Crippen LogP contribution in [0.1, 0.15) is 39.9 Å². The SMILES string of the molecule is [2H]C([2H])([2H])c1cc(C(=O)Nc2nc3ccc(Br)cc3n2C[C@H](C)CCCO)cc(-c2c[nH]ccc2=O)n1. The fraction of sp³-hybridized carbons (Fsp3) is 0.280. The monoisotopic (exact) mass is 526 g/mol. The van der Waals surface area contributed by atoms with Crippen molar-refractivity contribution in [1.82, 2.24) is 19.5 Å². The van der Waals surface area contributed by atoms with Gasteiger partial charge in [0.15, 0.2) is 5.43 Å². The smallest absolute Gasteiger partial charge is 0.258 e. The molecule has 8 nitrogen and oxygen atoms in total. The van der Waals surface area contributed by atoms with Crippen LogP contribution in [0.4, 0.5) is 5.95 Å². The first kappa shape index (κ1) is 20.1. The molecule has 0 unspecified atom stereocenters. The van der Waals surface area contributed by atoms with E-state index in [4.69, 9.17) is 4.11 Å². The third-order valence-corrected chi connectivity index (χ3v) is 5.97. The van der Waals surface area contributed by atoms with Crippen LogP contribution in [0.25, 0.3) is 22.3 Å². The number of hydrogen-bond donors (Lipinski definition) is 3. The second-order valence-corrected chi connectivity index (χ2v) is 9.07. The molecule has 3 aromatic heterocycles. The average molecular weight is 527 g/mol. The molecule has 9 heteroatoms. The van der Waals surface area contributed by atoms with Gasteiger partial charge in [0.2, 0.25) is 5.95 Å². The maximum atomic E-state index is 13.4. The molecule has 0 aliphatic heterocycles. The van der Waals surface area contributed by atoms with Crippen LogP contribution in [-0.2, 0) is 6.54 Å². The van der Waals surface area contributed by atoms with Crippen LogP contribution >= 0.6 is 15.9 Å². The van der Waals surface area contributed by atoms with Gasteiger partial charge in [-0.3, -0.25) is 19.9 Å². The fourth-order valence-corrected chi connectivity index (χ4v) is 4.16. The van der Waals surface area contributed by atoms with E-state index in [1.165, 1.54) is 30.6 Å². The second-order valence-electron chi connectivity index (χ2n) is 8.15. The van der Waals surface area contributed by atoms with Crippen LogP contribution in [0.5, 0.6) is 0 Å². The number of amides is 1. The Balaban J connectivity index is 1.75. The number of aryl methyl sites for hydroxylation is 1. The molecule has 0 fully saturated rings. The number of imidazole rings is 1. The van der Waals surface area contributed by atoms with E-state index < -0.39 is 12.8 Å². The van der Waals surface area contributed by atoms with E-state index in [2.05, 4.69) is 43.1 Å². The standard InChI is InChI=1S/C25H26BrN5O3/c1-15(4-3-9-32)14-31-22-12-18(26)5-6-20(22)29-25(31)30-24(34)17-10-16(2)28-21(11-17)19-13-27-8-7-23(19)33/h5-8,10-13,15,32H,3-4,9,14H2,1-2H3,(H,27,33)(H,29,30,34)/t15-/m1/s1/i2D3. The molecule has 4 aromatic rings. The summed E-state index contributed by atoms with van der Waals surface area (Å²) in [6.07, 6.45) is 4.33. The van der Waals surface area contributed by atoms with Crippen LogP contribution < -0.4 is 10.7 Å². The van der Waals surface area contributed by atoms with E-state index in [9.17, 15) is 14.7 Å². The van der Waals surface area contributed by atoms with Gasteiger partial charge in [-0.1, -0.05) is 22.9 Å². The minimum absolute atomic E-state index is 0.0347. The van der Waals surface area contributed by atoms with Gasteiger partial charge in [-0.05, 0) is 55.9 Å². The Morgan fingerprint density at radius 1 is 1.29 bits per heavy atom. The topological polar surface area (TPSA) is 113 Å². The third-order valence-electron chi connectivity index (χ3n) is 5.47. The number of aliphatic hydroxyl groups excluding tert-OH is 1. The summed E-state index contributed by atoms with van der Waals surface area (Å²) in [5.74, 6) is -0.0841. The number of halogens is 1. The van der Waals surface area contributed by atoms with Crippen LogP contribution in [0, 0.1) is 12.8 Å². The van der Waals surface area contributed by atoms with Crippen molar-refractivity contribution in [2.75, 3.05) is 11.9 Å². The minimum Gasteiger partial charge on any atom is -0.396 e. The van der Waals surface area contributed by atoms with Crippen molar-refractivity contribution < 1.29 is 14.0 Å². The first-order valence-corrected chi connectivity index (χ1v) is 11.6. The zero-order valence-corrected chi connectivity index (χ0v) is 20.1. The van der Waals surface area contributed by atoms with Gasteiger partial charge in [0.25, 0.3) is 5.91 Å². The molecule has 0 saturated carbocycles. The largest absolute Gasteiger partial charge is 0.396 e. The number of pyridine rings is 2. The molecule has 0 aliphatic rings. The van der Waals surface area contributed by atoms with E-state index in [0.29, 0.717) is 24.4 Å². The number of hydrogen-bond acceptors (Lipinski definition) is 5. The van der Waals surface area contributed by atoms with Gasteiger partial charge in [0.1, 0.15) is 0 Å². The summed E-state index contributed by atoms with van der Waals surface area (Å²) in [4.78, 5) is 37.3. The number of nitrogens with one attached hydrogen (secondary N) is 2. The molecule has 1 atom stereocenters. The number of H-pyrrole nitrogens is 1. The molecule has 176 valence electrons. The highest BCUT2D eigenvalue weighted by Gasteiger charge is 2.18. The van der Waals surface area contributed by atoms with Gasteiger partial charge in [0, 0.05) is 51.5 Å². The summed E-state index contributed by atoms with van der Waals surface area (Å²) in [6, 6.07) is 9.50. The minimum atomic E-state index is -2.59. The molecule has 4 rings (SSSR count). The van der Waals surface area contributed by atoms with E-state index in [-0.39, 0.29) is 40.5 Å². The van der Waals surface area contributed by atoms with Crippen molar-refractivity contribution in [2.24, 2.45) is 5.92 Å². The van der Waals surface area contributed by atoms with Crippen LogP contribution in [0.15, 0.2) is 58.1 Å². The predicted molar refractivity (Wildman–Crippen MR) is 136 cm³/mol. The lowest BCUT2D eigenvalue weighted by Gasteiger charge is -2.16. The Morgan fingerprint density at radius 3 is 2.91 bits per heavy atom. The Hall–Kier alpha value is -3.30. The Bertz CT molecular complexity index is 1500. The first-order valence-electron chi connectivity index (χ1n) is 12.3. The lowest BCUT2D eigenvalue weighted by atomic mass is 10.1. The summed E-state index contributed by atoms with van der Waals surface area (Å²) >= 11 is 3.48. The fourth-order valence-electron chi connectivity index (χ4n) is 3.81. The Morgan fingerprint density at radius 2 is 2.15 bits per heavy atom. The van der Waals surface area contributed by atoms with Crippen LogP contribution in [0.3, 0.4) is 0 Å². The Kier molecular flexibility index (Phi) is 6.10. The van der Waals surface area contributed by atoms with E-state index in [0.717, 1.165) is 16.4 Å². The number of aromatic amines is 1. The molecule has 34 heavy (non-hydrogen) atoms. The molecule has 0 radical (unpaired) electrons. The highest BCUT2D eigenvalue weighted by atomic mass is 79.9. The van der Waals surface area contributed by atoms with Crippen LogP contribution in [0.2, 0.25) is 0 Å². The summed E-state index contributed by atoms with van der Waals surface area (Å²) < 4.78 is 26.2. The number of rotatable bonds is 8. The van der Waals surface area contributed by atoms with Crippen molar-refractivity contribution in [3.63, 3.8) is 0 Å². The van der Waals surface area contributed by atoms with Gasteiger partial charge >= 0.3 is 0 Å². The molecular weight excluding hydrogens is 498 g/mol. The molecule has 0 saturated heterocycles. The van der Waals surface area contributed by atoms with Gasteiger partial charge in [-0.25, -0.2) is 4.98 Å². The van der Waals surface area contributed by atoms with E-state index >= 15 is 0 Å². The number of nitrogens with zero attached hydrogens (tertiary/aromatic N) is 3. The summed E-state index contributed by atoms with van der Waals surface area (Å²) in [7, 11) is 0. The summed E-state index contributed by atoms with van der Waals surface area (Å²) in [5.41, 5.74) is 1.11. The average Bonchev–Trinajstić information content (AvgIpc) is 3.18. The maximum absolute atomic E-state index is 13.4.